The summed E-state index contributed by atoms with van der Waals surface area (Å²) in [6.07, 6.45) is 4.73. The highest BCUT2D eigenvalue weighted by Gasteiger charge is 2.38. The molecule has 0 aromatic carbocycles. The molecule has 1 aliphatic rings. The molecular weight excluding hydrogens is 143 g/mol. The fourth-order valence-electron chi connectivity index (χ4n) is 1.15. The van der Waals surface area contributed by atoms with Gasteiger partial charge in [-0.05, 0) is 18.8 Å². The maximum absolute atomic E-state index is 10.4. The van der Waals surface area contributed by atoms with Gasteiger partial charge in [-0.2, -0.15) is 0 Å². The first kappa shape index (κ1) is 8.33. The van der Waals surface area contributed by atoms with Crippen molar-refractivity contribution in [2.24, 2.45) is 5.92 Å². The molecule has 0 aliphatic heterocycles. The lowest BCUT2D eigenvalue weighted by Gasteiger charge is -2.25. The van der Waals surface area contributed by atoms with Crippen LogP contribution in [0.25, 0.3) is 0 Å². The zero-order chi connectivity index (χ0) is 8.48. The van der Waals surface area contributed by atoms with E-state index in [0.717, 1.165) is 0 Å². The number of rotatable bonds is 2. The molecule has 1 aliphatic carbocycles. The molecule has 0 fully saturated rings. The highest BCUT2D eigenvalue weighted by atomic mass is 16.4. The summed E-state index contributed by atoms with van der Waals surface area (Å²) < 4.78 is 0. The normalized spacial score (nSPS) is 23.4. The van der Waals surface area contributed by atoms with Crippen LogP contribution in [0.4, 0.5) is 0 Å². The number of carboxylic acid groups (broad SMARTS) is 1. The van der Waals surface area contributed by atoms with Crippen molar-refractivity contribution in [2.45, 2.75) is 18.3 Å². The first-order chi connectivity index (χ1) is 5.05. The Balaban J connectivity index is 2.65. The lowest BCUT2D eigenvalue weighted by Crippen LogP contribution is -2.45. The molecule has 1 atom stereocenters. The van der Waals surface area contributed by atoms with Gasteiger partial charge < -0.3 is 10.2 Å². The third-order valence-corrected chi connectivity index (χ3v) is 1.97. The first-order valence-electron chi connectivity index (χ1n) is 3.45. The van der Waals surface area contributed by atoms with Crippen LogP contribution in [0, 0.1) is 5.92 Å². The lowest BCUT2D eigenvalue weighted by molar-refractivity contribution is -0.153. The Morgan fingerprint density at radius 3 is 2.36 bits per heavy atom. The number of aliphatic carboxylic acids is 1. The number of allylic oxidation sites excluding steroid dienone is 2. The highest BCUT2D eigenvalue weighted by molar-refractivity contribution is 6.25. The van der Waals surface area contributed by atoms with Crippen LogP contribution in [0.5, 0.6) is 0 Å². The maximum Gasteiger partial charge on any atom is 0.326 e. The molecule has 4 heteroatoms. The summed E-state index contributed by atoms with van der Waals surface area (Å²) in [7, 11) is 5.18. The maximum atomic E-state index is 10.4. The summed E-state index contributed by atoms with van der Waals surface area (Å²) in [6.45, 7) is 0. The monoisotopic (exact) mass is 152 g/mol. The zero-order valence-electron chi connectivity index (χ0n) is 6.03. The van der Waals surface area contributed by atoms with Gasteiger partial charge in [-0.3, -0.25) is 0 Å². The van der Waals surface area contributed by atoms with E-state index in [0.29, 0.717) is 12.8 Å². The van der Waals surface area contributed by atoms with E-state index in [-0.39, 0.29) is 5.92 Å². The quantitative estimate of drug-likeness (QED) is 0.428. The molecule has 11 heavy (non-hydrogen) atoms. The Hall–Kier alpha value is -0.765. The van der Waals surface area contributed by atoms with Gasteiger partial charge in [0, 0.05) is 0 Å². The standard InChI is InChI=1S/C7H9BO3/c8-7(11,6(9)10)5-3-1-2-4-5/h1-2,5,11H,3-4H2,(H,9,10). The van der Waals surface area contributed by atoms with Crippen molar-refractivity contribution >= 4 is 13.8 Å². The second-order valence-electron chi connectivity index (χ2n) is 2.77. The van der Waals surface area contributed by atoms with Gasteiger partial charge in [0.05, 0.1) is 0 Å². The summed E-state index contributed by atoms with van der Waals surface area (Å²) in [5, 5.41) is 17.7. The number of hydrogen-bond donors (Lipinski definition) is 2. The predicted octanol–water partition coefficient (Wildman–Crippen LogP) is -0.106. The van der Waals surface area contributed by atoms with Crippen LogP contribution in [0.1, 0.15) is 12.8 Å². The number of carboxylic acids is 1. The van der Waals surface area contributed by atoms with E-state index in [1.54, 1.807) is 0 Å². The first-order valence-corrected chi connectivity index (χ1v) is 3.45. The molecule has 0 aromatic rings. The van der Waals surface area contributed by atoms with Crippen molar-refractivity contribution < 1.29 is 15.0 Å². The van der Waals surface area contributed by atoms with Crippen LogP contribution < -0.4 is 0 Å². The Morgan fingerprint density at radius 1 is 1.55 bits per heavy atom. The van der Waals surface area contributed by atoms with Crippen molar-refractivity contribution in [1.82, 2.24) is 0 Å². The van der Waals surface area contributed by atoms with E-state index < -0.39 is 11.5 Å². The van der Waals surface area contributed by atoms with E-state index in [1.807, 2.05) is 12.2 Å². The lowest BCUT2D eigenvalue weighted by atomic mass is 9.70. The van der Waals surface area contributed by atoms with Crippen LogP contribution in [0.2, 0.25) is 0 Å². The third kappa shape index (κ3) is 1.45. The molecule has 0 saturated carbocycles. The topological polar surface area (TPSA) is 57.5 Å². The second-order valence-corrected chi connectivity index (χ2v) is 2.77. The molecule has 0 amide bonds. The van der Waals surface area contributed by atoms with Crippen molar-refractivity contribution in [3.63, 3.8) is 0 Å². The average Bonchev–Trinajstić information content (AvgIpc) is 2.37. The fraction of sp³-hybridized carbons (Fsp3) is 0.571. The Bertz CT molecular complexity index is 190. The molecule has 3 nitrogen and oxygen atoms in total. The van der Waals surface area contributed by atoms with E-state index >= 15 is 0 Å². The average molecular weight is 152 g/mol. The molecule has 2 radical (unpaired) electrons. The van der Waals surface area contributed by atoms with Crippen LogP contribution >= 0.6 is 0 Å². The number of aliphatic hydroxyl groups is 1. The van der Waals surface area contributed by atoms with Gasteiger partial charge in [0.2, 0.25) is 0 Å². The molecule has 58 valence electrons. The third-order valence-electron chi connectivity index (χ3n) is 1.97. The van der Waals surface area contributed by atoms with E-state index in [9.17, 15) is 9.90 Å². The van der Waals surface area contributed by atoms with E-state index in [2.05, 4.69) is 0 Å². The minimum Gasteiger partial charge on any atom is -0.480 e. The molecule has 0 bridgehead atoms. The van der Waals surface area contributed by atoms with Crippen molar-refractivity contribution in [3.8, 4) is 0 Å². The van der Waals surface area contributed by atoms with Crippen LogP contribution in [0.15, 0.2) is 12.2 Å². The minimum absolute atomic E-state index is 0.375. The molecule has 0 spiro atoms. The van der Waals surface area contributed by atoms with E-state index in [4.69, 9.17) is 13.0 Å². The molecule has 0 heterocycles. The molecule has 0 saturated heterocycles. The van der Waals surface area contributed by atoms with Crippen LogP contribution in [0.3, 0.4) is 0 Å². The highest BCUT2D eigenvalue weighted by Crippen LogP contribution is 2.27. The zero-order valence-corrected chi connectivity index (χ0v) is 6.03. The van der Waals surface area contributed by atoms with Gasteiger partial charge in [0.1, 0.15) is 13.3 Å². The Labute approximate surface area is 66.1 Å². The van der Waals surface area contributed by atoms with Crippen LogP contribution in [-0.2, 0) is 4.79 Å². The summed E-state index contributed by atoms with van der Waals surface area (Å²) in [4.78, 5) is 10.4. The minimum atomic E-state index is -2.07. The summed E-state index contributed by atoms with van der Waals surface area (Å²) in [6, 6.07) is 0. The van der Waals surface area contributed by atoms with Gasteiger partial charge in [-0.15, -0.1) is 0 Å². The molecular formula is C7H9BO3. The Morgan fingerprint density at radius 2 is 2.00 bits per heavy atom. The number of hydrogen-bond acceptors (Lipinski definition) is 2. The smallest absolute Gasteiger partial charge is 0.326 e. The Kier molecular flexibility index (Phi) is 2.04. The van der Waals surface area contributed by atoms with Gasteiger partial charge in [-0.1, -0.05) is 12.2 Å². The van der Waals surface area contributed by atoms with E-state index in [1.165, 1.54) is 0 Å². The summed E-state index contributed by atoms with van der Waals surface area (Å²) in [5.74, 6) is -1.73. The van der Waals surface area contributed by atoms with Crippen LogP contribution in [-0.4, -0.2) is 29.5 Å². The summed E-state index contributed by atoms with van der Waals surface area (Å²) >= 11 is 0. The molecule has 1 unspecified atom stereocenters. The molecule has 2 N–H and O–H groups in total. The van der Waals surface area contributed by atoms with Gasteiger partial charge in [0.25, 0.3) is 0 Å². The van der Waals surface area contributed by atoms with Crippen molar-refractivity contribution in [1.29, 1.82) is 0 Å². The van der Waals surface area contributed by atoms with Gasteiger partial charge in [-0.25, -0.2) is 4.79 Å². The SMILES string of the molecule is [B]C(O)(C(=O)O)C1CC=CC1. The molecule has 0 aromatic heterocycles. The summed E-state index contributed by atoms with van der Waals surface area (Å²) in [5.41, 5.74) is -2.07. The molecule has 1 rings (SSSR count). The van der Waals surface area contributed by atoms with Crippen molar-refractivity contribution in [2.75, 3.05) is 0 Å². The fourth-order valence-corrected chi connectivity index (χ4v) is 1.15. The largest absolute Gasteiger partial charge is 0.480 e. The van der Waals surface area contributed by atoms with Crippen molar-refractivity contribution in [3.05, 3.63) is 12.2 Å². The van der Waals surface area contributed by atoms with Gasteiger partial charge >= 0.3 is 5.97 Å². The second kappa shape index (κ2) is 2.70. The number of carbonyl (C=O) groups is 1. The van der Waals surface area contributed by atoms with Gasteiger partial charge in [0.15, 0.2) is 0 Å². The predicted molar refractivity (Wildman–Crippen MR) is 40.2 cm³/mol.